The summed E-state index contributed by atoms with van der Waals surface area (Å²) >= 11 is 0. The molecule has 2 N–H and O–H groups in total. The number of anilines is 1. The highest BCUT2D eigenvalue weighted by atomic mass is 32.2. The first-order valence-corrected chi connectivity index (χ1v) is 8.76. The molecule has 0 aliphatic carbocycles. The number of nitrogen functional groups attached to an aromatic ring is 1. The van der Waals surface area contributed by atoms with E-state index in [2.05, 4.69) is 12.0 Å². The number of rotatable bonds is 4. The van der Waals surface area contributed by atoms with E-state index >= 15 is 0 Å². The topological polar surface area (TPSA) is 81.2 Å². The van der Waals surface area contributed by atoms with Crippen LogP contribution in [0.5, 0.6) is 0 Å². The Labute approximate surface area is 121 Å². The summed E-state index contributed by atoms with van der Waals surface area (Å²) in [4.78, 5) is 0.147. The van der Waals surface area contributed by atoms with Gasteiger partial charge in [0.15, 0.2) is 5.82 Å². The van der Waals surface area contributed by atoms with Crippen LogP contribution in [0.4, 0.5) is 5.82 Å². The Kier molecular flexibility index (Phi) is 4.70. The van der Waals surface area contributed by atoms with Gasteiger partial charge in [0.25, 0.3) is 0 Å². The van der Waals surface area contributed by atoms with E-state index in [1.165, 1.54) is 6.20 Å². The quantitative estimate of drug-likeness (QED) is 0.917. The molecule has 1 unspecified atom stereocenters. The molecule has 0 amide bonds. The van der Waals surface area contributed by atoms with Crippen LogP contribution in [-0.4, -0.2) is 35.6 Å². The molecular weight excluding hydrogens is 276 g/mol. The van der Waals surface area contributed by atoms with E-state index in [9.17, 15) is 8.42 Å². The number of sulfonamides is 1. The molecular formula is C13H24N4O2S. The number of hydrogen-bond acceptors (Lipinski definition) is 4. The highest BCUT2D eigenvalue weighted by Gasteiger charge is 2.30. The zero-order valence-electron chi connectivity index (χ0n) is 12.2. The van der Waals surface area contributed by atoms with Crippen LogP contribution in [0.3, 0.4) is 0 Å². The van der Waals surface area contributed by atoms with Crippen LogP contribution in [0.15, 0.2) is 11.1 Å². The van der Waals surface area contributed by atoms with Crippen LogP contribution in [0.2, 0.25) is 0 Å². The molecule has 2 rings (SSSR count). The molecule has 1 aromatic heterocycles. The summed E-state index contributed by atoms with van der Waals surface area (Å²) in [6.07, 6.45) is 5.60. The summed E-state index contributed by atoms with van der Waals surface area (Å²) in [7, 11) is -3.51. The zero-order chi connectivity index (χ0) is 14.8. The average Bonchev–Trinajstić information content (AvgIpc) is 2.66. The van der Waals surface area contributed by atoms with E-state index in [-0.39, 0.29) is 10.7 Å². The number of aryl methyl sites for hydroxylation is 1. The van der Waals surface area contributed by atoms with Gasteiger partial charge < -0.3 is 5.73 Å². The van der Waals surface area contributed by atoms with Crippen molar-refractivity contribution in [2.24, 2.45) is 5.92 Å². The van der Waals surface area contributed by atoms with E-state index in [0.717, 1.165) is 25.7 Å². The molecule has 1 atom stereocenters. The van der Waals surface area contributed by atoms with Crippen molar-refractivity contribution in [3.05, 3.63) is 6.20 Å². The molecule has 1 fully saturated rings. The van der Waals surface area contributed by atoms with Gasteiger partial charge in [-0.1, -0.05) is 13.3 Å². The molecule has 1 aliphatic rings. The smallest absolute Gasteiger partial charge is 0.248 e. The maximum atomic E-state index is 12.7. The predicted molar refractivity (Wildman–Crippen MR) is 78.7 cm³/mol. The van der Waals surface area contributed by atoms with Gasteiger partial charge in [-0.15, -0.1) is 0 Å². The van der Waals surface area contributed by atoms with E-state index in [4.69, 9.17) is 5.73 Å². The Morgan fingerprint density at radius 3 is 2.70 bits per heavy atom. The minimum absolute atomic E-state index is 0.100. The van der Waals surface area contributed by atoms with Gasteiger partial charge in [0.05, 0.1) is 0 Å². The lowest BCUT2D eigenvalue weighted by Crippen LogP contribution is -2.32. The Morgan fingerprint density at radius 2 is 2.10 bits per heavy atom. The van der Waals surface area contributed by atoms with Crippen LogP contribution in [0, 0.1) is 5.92 Å². The highest BCUT2D eigenvalue weighted by Crippen LogP contribution is 2.26. The van der Waals surface area contributed by atoms with Gasteiger partial charge in [0.1, 0.15) is 4.90 Å². The van der Waals surface area contributed by atoms with Gasteiger partial charge >= 0.3 is 0 Å². The van der Waals surface area contributed by atoms with Crippen molar-refractivity contribution in [1.29, 1.82) is 0 Å². The van der Waals surface area contributed by atoms with Gasteiger partial charge in [-0.3, -0.25) is 4.68 Å². The molecule has 0 bridgehead atoms. The fourth-order valence-corrected chi connectivity index (χ4v) is 4.26. The average molecular weight is 300 g/mol. The number of aromatic nitrogens is 2. The standard InChI is InChI=1S/C13H24N4O2S/c1-3-11-6-5-8-17(9-7-11)20(18,19)12-10-16(4-2)15-13(12)14/h10-11H,3-9H2,1-2H3,(H2,14,15). The molecule has 20 heavy (non-hydrogen) atoms. The van der Waals surface area contributed by atoms with Gasteiger partial charge in [0.2, 0.25) is 10.0 Å². The number of nitrogens with two attached hydrogens (primary N) is 1. The number of hydrogen-bond donors (Lipinski definition) is 1. The molecule has 0 radical (unpaired) electrons. The molecule has 1 saturated heterocycles. The van der Waals surface area contributed by atoms with Crippen LogP contribution in [0.25, 0.3) is 0 Å². The summed E-state index contributed by atoms with van der Waals surface area (Å²) < 4.78 is 28.5. The van der Waals surface area contributed by atoms with Crippen LogP contribution >= 0.6 is 0 Å². The molecule has 2 heterocycles. The Balaban J connectivity index is 2.23. The van der Waals surface area contributed by atoms with E-state index in [1.54, 1.807) is 8.99 Å². The van der Waals surface area contributed by atoms with Gasteiger partial charge in [-0.2, -0.15) is 9.40 Å². The molecule has 7 heteroatoms. The highest BCUT2D eigenvalue weighted by molar-refractivity contribution is 7.89. The van der Waals surface area contributed by atoms with Crippen LogP contribution < -0.4 is 5.73 Å². The SMILES string of the molecule is CCC1CCCN(S(=O)(=O)c2cn(CC)nc2N)CC1. The second-order valence-corrected chi connectivity index (χ2v) is 7.25. The largest absolute Gasteiger partial charge is 0.381 e. The molecule has 1 aromatic rings. The van der Waals surface area contributed by atoms with Crippen molar-refractivity contribution in [2.75, 3.05) is 18.8 Å². The first kappa shape index (κ1) is 15.3. The monoisotopic (exact) mass is 300 g/mol. The third-order valence-corrected chi connectivity index (χ3v) is 6.00. The number of nitrogens with zero attached hydrogens (tertiary/aromatic N) is 3. The Hall–Kier alpha value is -1.08. The second-order valence-electron chi connectivity index (χ2n) is 5.34. The van der Waals surface area contributed by atoms with Crippen molar-refractivity contribution in [3.8, 4) is 0 Å². The van der Waals surface area contributed by atoms with Crippen LogP contribution in [-0.2, 0) is 16.6 Å². The van der Waals surface area contributed by atoms with Gasteiger partial charge in [0, 0.05) is 25.8 Å². The summed E-state index contributed by atoms with van der Waals surface area (Å²) in [6.45, 7) is 5.84. The molecule has 114 valence electrons. The minimum Gasteiger partial charge on any atom is -0.381 e. The summed E-state index contributed by atoms with van der Waals surface area (Å²) in [5.41, 5.74) is 5.76. The lowest BCUT2D eigenvalue weighted by Gasteiger charge is -2.19. The Morgan fingerprint density at radius 1 is 1.35 bits per heavy atom. The summed E-state index contributed by atoms with van der Waals surface area (Å²) in [6, 6.07) is 0. The van der Waals surface area contributed by atoms with Crippen LogP contribution in [0.1, 0.15) is 39.5 Å². The van der Waals surface area contributed by atoms with E-state index in [1.807, 2.05) is 6.92 Å². The molecule has 0 aromatic carbocycles. The lowest BCUT2D eigenvalue weighted by molar-refractivity contribution is 0.407. The van der Waals surface area contributed by atoms with Crippen molar-refractivity contribution in [1.82, 2.24) is 14.1 Å². The normalized spacial score (nSPS) is 21.8. The maximum absolute atomic E-state index is 12.7. The molecule has 1 aliphatic heterocycles. The van der Waals surface area contributed by atoms with Crippen molar-refractivity contribution < 1.29 is 8.42 Å². The van der Waals surface area contributed by atoms with Gasteiger partial charge in [-0.05, 0) is 32.1 Å². The summed E-state index contributed by atoms with van der Waals surface area (Å²) in [5, 5.41) is 4.03. The van der Waals surface area contributed by atoms with Gasteiger partial charge in [-0.25, -0.2) is 8.42 Å². The maximum Gasteiger partial charge on any atom is 0.248 e. The van der Waals surface area contributed by atoms with E-state index in [0.29, 0.717) is 25.6 Å². The minimum atomic E-state index is -3.51. The fraction of sp³-hybridized carbons (Fsp3) is 0.769. The molecule has 0 saturated carbocycles. The van der Waals surface area contributed by atoms with Crippen molar-refractivity contribution >= 4 is 15.8 Å². The van der Waals surface area contributed by atoms with E-state index < -0.39 is 10.0 Å². The first-order valence-electron chi connectivity index (χ1n) is 7.32. The van der Waals surface area contributed by atoms with Crippen molar-refractivity contribution in [2.45, 2.75) is 51.0 Å². The Bertz CT molecular complexity index is 553. The molecule has 6 nitrogen and oxygen atoms in total. The lowest BCUT2D eigenvalue weighted by atomic mass is 9.98. The second kappa shape index (κ2) is 6.13. The zero-order valence-corrected chi connectivity index (χ0v) is 13.1. The summed E-state index contributed by atoms with van der Waals surface area (Å²) in [5.74, 6) is 0.731. The first-order chi connectivity index (χ1) is 9.48. The third-order valence-electron chi connectivity index (χ3n) is 4.08. The van der Waals surface area contributed by atoms with Crippen molar-refractivity contribution in [3.63, 3.8) is 0 Å². The molecule has 0 spiro atoms. The fourth-order valence-electron chi connectivity index (χ4n) is 2.71. The third kappa shape index (κ3) is 2.98. The predicted octanol–water partition coefficient (Wildman–Crippen LogP) is 1.69.